The zero-order chi connectivity index (χ0) is 15.0. The van der Waals surface area contributed by atoms with Crippen LogP contribution in [0.3, 0.4) is 0 Å². The van der Waals surface area contributed by atoms with Crippen molar-refractivity contribution in [3.05, 3.63) is 59.3 Å². The van der Waals surface area contributed by atoms with Crippen molar-refractivity contribution in [2.75, 3.05) is 5.32 Å². The molecule has 0 bridgehead atoms. The van der Waals surface area contributed by atoms with Crippen LogP contribution < -0.4 is 5.32 Å². The van der Waals surface area contributed by atoms with Crippen molar-refractivity contribution in [3.63, 3.8) is 0 Å². The molecule has 106 valence electrons. The van der Waals surface area contributed by atoms with E-state index >= 15 is 0 Å². The fraction of sp³-hybridized carbons (Fsp3) is 0.176. The fourth-order valence-electron chi connectivity index (χ4n) is 2.48. The Morgan fingerprint density at radius 2 is 1.86 bits per heavy atom. The standard InChI is InChI=1S/C17H17N3O/c1-11-5-4-6-12(2)16(11)18-17(21)13-7-8-14-10-20(3)19-15(14)9-13/h4-10H,1-3H3,(H,18,21). The molecule has 1 aromatic heterocycles. The maximum atomic E-state index is 12.4. The highest BCUT2D eigenvalue weighted by Crippen LogP contribution is 2.21. The van der Waals surface area contributed by atoms with E-state index in [0.29, 0.717) is 5.56 Å². The highest BCUT2D eigenvalue weighted by molar-refractivity contribution is 6.06. The molecule has 4 heteroatoms. The van der Waals surface area contributed by atoms with Crippen LogP contribution >= 0.6 is 0 Å². The number of aromatic nitrogens is 2. The Balaban J connectivity index is 1.93. The first-order valence-corrected chi connectivity index (χ1v) is 6.85. The molecule has 1 N–H and O–H groups in total. The van der Waals surface area contributed by atoms with Crippen molar-refractivity contribution in [2.24, 2.45) is 7.05 Å². The Kier molecular flexibility index (Phi) is 3.22. The van der Waals surface area contributed by atoms with Crippen LogP contribution in [0.4, 0.5) is 5.69 Å². The molecule has 0 aliphatic heterocycles. The van der Waals surface area contributed by atoms with E-state index in [4.69, 9.17) is 0 Å². The summed E-state index contributed by atoms with van der Waals surface area (Å²) in [6.45, 7) is 3.98. The SMILES string of the molecule is Cc1cccc(C)c1NC(=O)c1ccc2cn(C)nc2c1. The van der Waals surface area contributed by atoms with Gasteiger partial charge in [0.1, 0.15) is 0 Å². The Morgan fingerprint density at radius 3 is 2.57 bits per heavy atom. The van der Waals surface area contributed by atoms with Gasteiger partial charge in [-0.05, 0) is 37.1 Å². The molecule has 3 rings (SSSR count). The van der Waals surface area contributed by atoms with E-state index in [1.54, 1.807) is 4.68 Å². The molecule has 0 aliphatic carbocycles. The van der Waals surface area contributed by atoms with E-state index in [1.807, 2.05) is 63.5 Å². The molecule has 0 saturated carbocycles. The number of amides is 1. The number of aryl methyl sites for hydroxylation is 3. The fourth-order valence-corrected chi connectivity index (χ4v) is 2.48. The van der Waals surface area contributed by atoms with E-state index in [-0.39, 0.29) is 5.91 Å². The van der Waals surface area contributed by atoms with Gasteiger partial charge in [0, 0.05) is 29.9 Å². The van der Waals surface area contributed by atoms with E-state index in [1.165, 1.54) is 0 Å². The average molecular weight is 279 g/mol. The summed E-state index contributed by atoms with van der Waals surface area (Å²) in [6, 6.07) is 11.5. The highest BCUT2D eigenvalue weighted by Gasteiger charge is 2.11. The number of fused-ring (bicyclic) bond motifs is 1. The number of anilines is 1. The van der Waals surface area contributed by atoms with Gasteiger partial charge < -0.3 is 5.32 Å². The van der Waals surface area contributed by atoms with Gasteiger partial charge in [-0.1, -0.05) is 24.3 Å². The van der Waals surface area contributed by atoms with Gasteiger partial charge in [-0.3, -0.25) is 9.48 Å². The summed E-state index contributed by atoms with van der Waals surface area (Å²) in [6.07, 6.45) is 1.93. The number of hydrogen-bond donors (Lipinski definition) is 1. The maximum Gasteiger partial charge on any atom is 0.255 e. The summed E-state index contributed by atoms with van der Waals surface area (Å²) in [5, 5.41) is 8.36. The van der Waals surface area contributed by atoms with E-state index in [0.717, 1.165) is 27.7 Å². The van der Waals surface area contributed by atoms with Crippen LogP contribution in [0.25, 0.3) is 10.9 Å². The van der Waals surface area contributed by atoms with Gasteiger partial charge in [-0.15, -0.1) is 0 Å². The second kappa shape index (κ2) is 5.05. The topological polar surface area (TPSA) is 46.9 Å². The number of benzene rings is 2. The van der Waals surface area contributed by atoms with Crippen molar-refractivity contribution >= 4 is 22.5 Å². The summed E-state index contributed by atoms with van der Waals surface area (Å²) < 4.78 is 1.75. The van der Waals surface area contributed by atoms with E-state index in [2.05, 4.69) is 10.4 Å². The molecule has 0 atom stereocenters. The van der Waals surface area contributed by atoms with Gasteiger partial charge in [-0.25, -0.2) is 0 Å². The summed E-state index contributed by atoms with van der Waals surface area (Å²) >= 11 is 0. The molecule has 1 heterocycles. The Hall–Kier alpha value is -2.62. The van der Waals surface area contributed by atoms with Crippen LogP contribution in [-0.2, 0) is 7.05 Å². The van der Waals surface area contributed by atoms with Crippen molar-refractivity contribution in [1.82, 2.24) is 9.78 Å². The number of carbonyl (C=O) groups excluding carboxylic acids is 1. The van der Waals surface area contributed by atoms with Crippen molar-refractivity contribution in [2.45, 2.75) is 13.8 Å². The minimum atomic E-state index is -0.111. The lowest BCUT2D eigenvalue weighted by Gasteiger charge is -2.11. The van der Waals surface area contributed by atoms with Gasteiger partial charge in [0.25, 0.3) is 5.91 Å². The molecule has 0 aliphatic rings. The highest BCUT2D eigenvalue weighted by atomic mass is 16.1. The second-order valence-electron chi connectivity index (χ2n) is 5.30. The minimum Gasteiger partial charge on any atom is -0.322 e. The number of rotatable bonds is 2. The lowest BCUT2D eigenvalue weighted by molar-refractivity contribution is 0.102. The third kappa shape index (κ3) is 2.52. The molecule has 0 unspecified atom stereocenters. The number of carbonyl (C=O) groups is 1. The zero-order valence-electron chi connectivity index (χ0n) is 12.3. The molecule has 3 aromatic rings. The largest absolute Gasteiger partial charge is 0.322 e. The quantitative estimate of drug-likeness (QED) is 0.781. The first kappa shape index (κ1) is 13.4. The third-order valence-electron chi connectivity index (χ3n) is 3.60. The van der Waals surface area contributed by atoms with Gasteiger partial charge in [0.05, 0.1) is 5.52 Å². The number of para-hydroxylation sites is 1. The summed E-state index contributed by atoms with van der Waals surface area (Å²) in [4.78, 5) is 12.4. The monoisotopic (exact) mass is 279 g/mol. The van der Waals surface area contributed by atoms with Crippen molar-refractivity contribution in [1.29, 1.82) is 0 Å². The molecular weight excluding hydrogens is 262 g/mol. The number of nitrogens with one attached hydrogen (secondary N) is 1. The molecule has 21 heavy (non-hydrogen) atoms. The summed E-state index contributed by atoms with van der Waals surface area (Å²) in [7, 11) is 1.87. The summed E-state index contributed by atoms with van der Waals surface area (Å²) in [5.74, 6) is -0.111. The van der Waals surface area contributed by atoms with Crippen LogP contribution in [0.1, 0.15) is 21.5 Å². The van der Waals surface area contributed by atoms with Crippen molar-refractivity contribution < 1.29 is 4.79 Å². The number of nitrogens with zero attached hydrogens (tertiary/aromatic N) is 2. The van der Waals surface area contributed by atoms with Gasteiger partial charge in [0.2, 0.25) is 0 Å². The Morgan fingerprint density at radius 1 is 1.14 bits per heavy atom. The smallest absolute Gasteiger partial charge is 0.255 e. The van der Waals surface area contributed by atoms with Gasteiger partial charge in [-0.2, -0.15) is 5.10 Å². The molecule has 2 aromatic carbocycles. The normalized spacial score (nSPS) is 10.8. The van der Waals surface area contributed by atoms with E-state index in [9.17, 15) is 4.79 Å². The molecule has 0 radical (unpaired) electrons. The van der Waals surface area contributed by atoms with E-state index < -0.39 is 0 Å². The molecule has 0 saturated heterocycles. The van der Waals surface area contributed by atoms with Crippen LogP contribution in [0, 0.1) is 13.8 Å². The third-order valence-corrected chi connectivity index (χ3v) is 3.60. The maximum absolute atomic E-state index is 12.4. The first-order valence-electron chi connectivity index (χ1n) is 6.85. The number of hydrogen-bond acceptors (Lipinski definition) is 2. The van der Waals surface area contributed by atoms with Crippen LogP contribution in [0.2, 0.25) is 0 Å². The van der Waals surface area contributed by atoms with Crippen molar-refractivity contribution in [3.8, 4) is 0 Å². The lowest BCUT2D eigenvalue weighted by Crippen LogP contribution is -2.13. The lowest BCUT2D eigenvalue weighted by atomic mass is 10.1. The Bertz CT molecular complexity index is 813. The minimum absolute atomic E-state index is 0.111. The summed E-state index contributed by atoms with van der Waals surface area (Å²) in [5.41, 5.74) is 4.43. The average Bonchev–Trinajstić information content (AvgIpc) is 2.81. The predicted octanol–water partition coefficient (Wildman–Crippen LogP) is 3.44. The van der Waals surface area contributed by atoms with Gasteiger partial charge >= 0.3 is 0 Å². The molecule has 0 fully saturated rings. The van der Waals surface area contributed by atoms with Crippen LogP contribution in [0.5, 0.6) is 0 Å². The van der Waals surface area contributed by atoms with Crippen LogP contribution in [-0.4, -0.2) is 15.7 Å². The predicted molar refractivity (Wildman–Crippen MR) is 84.6 cm³/mol. The van der Waals surface area contributed by atoms with Gasteiger partial charge in [0.15, 0.2) is 0 Å². The first-order chi connectivity index (χ1) is 10.0. The Labute approximate surface area is 123 Å². The molecule has 1 amide bonds. The second-order valence-corrected chi connectivity index (χ2v) is 5.30. The molecule has 4 nitrogen and oxygen atoms in total. The molecular formula is C17H17N3O. The molecule has 0 spiro atoms. The zero-order valence-corrected chi connectivity index (χ0v) is 12.3. The van der Waals surface area contributed by atoms with Crippen LogP contribution in [0.15, 0.2) is 42.6 Å².